The molecule has 11 heavy (non-hydrogen) atoms. The van der Waals surface area contributed by atoms with Gasteiger partial charge in [0.15, 0.2) is 0 Å². The summed E-state index contributed by atoms with van der Waals surface area (Å²) in [5, 5.41) is 11.3. The second kappa shape index (κ2) is 4.37. The fraction of sp³-hybridized carbons (Fsp3) is 0. The van der Waals surface area contributed by atoms with E-state index in [2.05, 4.69) is 5.29 Å². The molecule has 0 radical (unpaired) electrons. The molecule has 1 rings (SSSR count). The minimum Gasteiger partial charge on any atom is -0.344 e. The van der Waals surface area contributed by atoms with Crippen LogP contribution in [-0.2, 0) is 0 Å². The van der Waals surface area contributed by atoms with Crippen molar-refractivity contribution in [2.45, 2.75) is 0 Å². The summed E-state index contributed by atoms with van der Waals surface area (Å²) < 4.78 is 0. The molecule has 1 aromatic rings. The summed E-state index contributed by atoms with van der Waals surface area (Å²) in [6.45, 7) is 0. The van der Waals surface area contributed by atoms with E-state index in [9.17, 15) is 4.91 Å². The summed E-state index contributed by atoms with van der Waals surface area (Å²) in [6.07, 6.45) is 0. The van der Waals surface area contributed by atoms with Crippen molar-refractivity contribution in [2.75, 3.05) is 5.17 Å². The van der Waals surface area contributed by atoms with Crippen molar-refractivity contribution in [1.82, 2.24) is 6.15 Å². The standard InChI is InChI=1S/C6H6N2O2.H3N/c9-7-8(10)6-4-2-1-3-5-6;/h1-5,10H;1H3. The molecule has 4 N–H and O–H groups in total. The van der Waals surface area contributed by atoms with Gasteiger partial charge in [-0.25, -0.2) is 0 Å². The average Bonchev–Trinajstić information content (AvgIpc) is 2.05. The Bertz CT molecular complexity index is 214. The molecule has 0 saturated heterocycles. The number of nitrogens with zero attached hydrogens (tertiary/aromatic N) is 2. The quantitative estimate of drug-likeness (QED) is 0.502. The van der Waals surface area contributed by atoms with Crippen molar-refractivity contribution in [3.05, 3.63) is 35.2 Å². The molecule has 0 bridgehead atoms. The van der Waals surface area contributed by atoms with Gasteiger partial charge in [0.05, 0.1) is 11.0 Å². The topological polar surface area (TPSA) is 87.9 Å². The van der Waals surface area contributed by atoms with Crippen LogP contribution in [0.15, 0.2) is 35.6 Å². The molecule has 0 saturated carbocycles. The van der Waals surface area contributed by atoms with Crippen molar-refractivity contribution in [1.29, 1.82) is 0 Å². The van der Waals surface area contributed by atoms with Crippen LogP contribution in [0.1, 0.15) is 0 Å². The molecule has 0 spiro atoms. The van der Waals surface area contributed by atoms with E-state index in [-0.39, 0.29) is 11.3 Å². The largest absolute Gasteiger partial charge is 0.344 e. The lowest BCUT2D eigenvalue weighted by Gasteiger charge is -2.03. The fourth-order valence-electron chi connectivity index (χ4n) is 0.608. The van der Waals surface area contributed by atoms with E-state index in [1.54, 1.807) is 30.3 Å². The van der Waals surface area contributed by atoms with Crippen LogP contribution in [0.3, 0.4) is 0 Å². The molecule has 0 aromatic heterocycles. The van der Waals surface area contributed by atoms with Crippen LogP contribution in [0.2, 0.25) is 0 Å². The summed E-state index contributed by atoms with van der Waals surface area (Å²) in [4.78, 5) is 9.73. The maximum absolute atomic E-state index is 9.73. The number of nitroso groups, excluding NO2 is 1. The zero-order valence-corrected chi connectivity index (χ0v) is 5.84. The lowest BCUT2D eigenvalue weighted by Crippen LogP contribution is -2.06. The molecule has 0 fully saturated rings. The van der Waals surface area contributed by atoms with Crippen molar-refractivity contribution in [3.8, 4) is 0 Å². The SMILES string of the molecule is N.O=NN(O)c1ccccc1. The summed E-state index contributed by atoms with van der Waals surface area (Å²) in [5.41, 5.74) is 0.359. The molecule has 0 aliphatic carbocycles. The Balaban J connectivity index is 0.000001000. The molecule has 5 nitrogen and oxygen atoms in total. The Labute approximate surface area is 63.7 Å². The van der Waals surface area contributed by atoms with E-state index in [4.69, 9.17) is 5.21 Å². The molecule has 0 aliphatic rings. The molecule has 0 atom stereocenters. The van der Waals surface area contributed by atoms with Crippen molar-refractivity contribution >= 4 is 5.69 Å². The second-order valence-corrected chi connectivity index (χ2v) is 1.71. The highest BCUT2D eigenvalue weighted by atomic mass is 16.6. The van der Waals surface area contributed by atoms with Gasteiger partial charge in [-0.1, -0.05) is 18.2 Å². The van der Waals surface area contributed by atoms with Gasteiger partial charge in [0.1, 0.15) is 0 Å². The van der Waals surface area contributed by atoms with Crippen LogP contribution in [0, 0.1) is 4.91 Å². The molecule has 0 amide bonds. The number of rotatable bonds is 2. The van der Waals surface area contributed by atoms with Crippen molar-refractivity contribution < 1.29 is 5.21 Å². The van der Waals surface area contributed by atoms with Gasteiger partial charge in [-0.3, -0.25) is 5.21 Å². The molecular formula is C6H9N3O2. The lowest BCUT2D eigenvalue weighted by atomic mass is 10.3. The average molecular weight is 155 g/mol. The molecule has 1 aromatic carbocycles. The van der Waals surface area contributed by atoms with Gasteiger partial charge in [0.25, 0.3) is 0 Å². The van der Waals surface area contributed by atoms with Crippen LogP contribution in [-0.4, -0.2) is 5.21 Å². The highest BCUT2D eigenvalue weighted by Crippen LogP contribution is 2.09. The number of para-hydroxylation sites is 1. The second-order valence-electron chi connectivity index (χ2n) is 1.71. The van der Waals surface area contributed by atoms with Crippen LogP contribution < -0.4 is 11.3 Å². The third-order valence-corrected chi connectivity index (χ3v) is 1.06. The first kappa shape index (κ1) is 9.54. The van der Waals surface area contributed by atoms with Gasteiger partial charge in [0, 0.05) is 0 Å². The normalized spacial score (nSPS) is 8.09. The van der Waals surface area contributed by atoms with Crippen molar-refractivity contribution in [2.24, 2.45) is 5.29 Å². The van der Waals surface area contributed by atoms with Crippen LogP contribution in [0.25, 0.3) is 0 Å². The third kappa shape index (κ3) is 2.32. The monoisotopic (exact) mass is 155 g/mol. The first-order valence-corrected chi connectivity index (χ1v) is 2.72. The van der Waals surface area contributed by atoms with Gasteiger partial charge in [-0.2, -0.15) is 0 Å². The molecule has 60 valence electrons. The minimum absolute atomic E-state index is 0. The summed E-state index contributed by atoms with van der Waals surface area (Å²) in [5.74, 6) is 0. The first-order chi connectivity index (χ1) is 4.84. The van der Waals surface area contributed by atoms with Crippen LogP contribution in [0.5, 0.6) is 0 Å². The van der Waals surface area contributed by atoms with E-state index < -0.39 is 0 Å². The number of benzene rings is 1. The fourth-order valence-corrected chi connectivity index (χ4v) is 0.608. The highest BCUT2D eigenvalue weighted by molar-refractivity contribution is 5.41. The molecule has 5 heteroatoms. The molecule has 0 heterocycles. The molecule has 0 unspecified atom stereocenters. The van der Waals surface area contributed by atoms with Gasteiger partial charge in [0.2, 0.25) is 0 Å². The maximum Gasteiger partial charge on any atom is 0.0932 e. The van der Waals surface area contributed by atoms with E-state index in [0.29, 0.717) is 5.69 Å². The Hall–Kier alpha value is -1.46. The third-order valence-electron chi connectivity index (χ3n) is 1.06. The summed E-state index contributed by atoms with van der Waals surface area (Å²) in [7, 11) is 0. The van der Waals surface area contributed by atoms with E-state index in [1.165, 1.54) is 0 Å². The van der Waals surface area contributed by atoms with E-state index in [0.717, 1.165) is 0 Å². The first-order valence-electron chi connectivity index (χ1n) is 2.72. The zero-order valence-electron chi connectivity index (χ0n) is 5.84. The Morgan fingerprint density at radius 3 is 2.27 bits per heavy atom. The molecular weight excluding hydrogens is 146 g/mol. The predicted octanol–water partition coefficient (Wildman–Crippen LogP) is 1.73. The number of hydrogen-bond acceptors (Lipinski definition) is 4. The predicted molar refractivity (Wildman–Crippen MR) is 41.5 cm³/mol. The van der Waals surface area contributed by atoms with Gasteiger partial charge >= 0.3 is 0 Å². The Morgan fingerprint density at radius 1 is 1.27 bits per heavy atom. The van der Waals surface area contributed by atoms with E-state index in [1.807, 2.05) is 0 Å². The minimum atomic E-state index is 0. The maximum atomic E-state index is 9.73. The Kier molecular flexibility index (Phi) is 3.79. The number of anilines is 1. The van der Waals surface area contributed by atoms with E-state index >= 15 is 0 Å². The smallest absolute Gasteiger partial charge is 0.0932 e. The highest BCUT2D eigenvalue weighted by Gasteiger charge is 1.97. The Morgan fingerprint density at radius 2 is 1.82 bits per heavy atom. The van der Waals surface area contributed by atoms with Gasteiger partial charge < -0.3 is 6.15 Å². The van der Waals surface area contributed by atoms with Crippen molar-refractivity contribution in [3.63, 3.8) is 0 Å². The summed E-state index contributed by atoms with van der Waals surface area (Å²) in [6, 6.07) is 8.32. The van der Waals surface area contributed by atoms with Gasteiger partial charge in [-0.15, -0.1) is 10.1 Å². The number of hydrogen-bond donors (Lipinski definition) is 2. The summed E-state index contributed by atoms with van der Waals surface area (Å²) >= 11 is 0. The lowest BCUT2D eigenvalue weighted by molar-refractivity contribution is 0.258. The zero-order chi connectivity index (χ0) is 7.40. The van der Waals surface area contributed by atoms with Crippen LogP contribution >= 0.6 is 0 Å². The molecule has 0 aliphatic heterocycles. The van der Waals surface area contributed by atoms with Crippen LogP contribution in [0.4, 0.5) is 5.69 Å². The van der Waals surface area contributed by atoms with Gasteiger partial charge in [-0.05, 0) is 12.1 Å².